The highest BCUT2D eigenvalue weighted by Crippen LogP contribution is 2.40. The number of carbonyl (C=O) groups excluding carboxylic acids is 1. The van der Waals surface area contributed by atoms with Crippen molar-refractivity contribution in [3.63, 3.8) is 0 Å². The van der Waals surface area contributed by atoms with Gasteiger partial charge in [-0.05, 0) is 79.5 Å². The van der Waals surface area contributed by atoms with Gasteiger partial charge in [-0.25, -0.2) is 8.78 Å². The number of phenols is 1. The first-order valence-electron chi connectivity index (χ1n) is 16.4. The van der Waals surface area contributed by atoms with E-state index < -0.39 is 17.5 Å². The van der Waals surface area contributed by atoms with Crippen LogP contribution in [0.3, 0.4) is 0 Å². The molecule has 2 N–H and O–H groups in total. The number of ether oxygens (including phenoxy) is 1. The number of likely N-dealkylation sites (N-methyl/N-ethyl adjacent to an activating group) is 1. The van der Waals surface area contributed by atoms with Crippen LogP contribution in [-0.4, -0.2) is 100 Å². The number of anilines is 1. The van der Waals surface area contributed by atoms with Gasteiger partial charge in [-0.3, -0.25) is 9.69 Å². The standard InChI is InChI=1S/C37H41F2N5O4/c1-5-28-31(39)12-10-24-16-27(46)18-30(34(24)28)23-9-11-29-32(17-23)40-36(48-22-37(3)19-25(38)20-43(37)14-15-45)41-35(29)42(4)21-26-8-7-13-44(26)33(47)6-2/h1,6,10,12,16-18,25-26,45-46H,2,7-9,11,13-15,19-22H2,3-4H3/t25-,26+,37+/m1/s1. The number of aliphatic hydroxyl groups excluding tert-OH is 1. The van der Waals surface area contributed by atoms with Crippen LogP contribution in [0, 0.1) is 18.2 Å². The zero-order chi connectivity index (χ0) is 34.2. The number of aromatic nitrogens is 2. The Morgan fingerprint density at radius 2 is 2.12 bits per heavy atom. The van der Waals surface area contributed by atoms with E-state index in [2.05, 4.69) is 12.5 Å². The largest absolute Gasteiger partial charge is 0.508 e. The summed E-state index contributed by atoms with van der Waals surface area (Å²) in [6.45, 7) is 7.33. The quantitative estimate of drug-likeness (QED) is 0.239. The second kappa shape index (κ2) is 13.5. The lowest BCUT2D eigenvalue weighted by atomic mass is 9.87. The summed E-state index contributed by atoms with van der Waals surface area (Å²) in [6.07, 6.45) is 11.1. The van der Waals surface area contributed by atoms with E-state index in [-0.39, 0.29) is 55.5 Å². The molecule has 2 aromatic carbocycles. The Bertz CT molecular complexity index is 1820. The molecule has 6 rings (SSSR count). The van der Waals surface area contributed by atoms with E-state index in [9.17, 15) is 23.8 Å². The Morgan fingerprint density at radius 1 is 1.31 bits per heavy atom. The molecule has 0 unspecified atom stereocenters. The van der Waals surface area contributed by atoms with Gasteiger partial charge in [0, 0.05) is 56.6 Å². The van der Waals surface area contributed by atoms with Crippen molar-refractivity contribution in [2.45, 2.75) is 56.8 Å². The van der Waals surface area contributed by atoms with Crippen LogP contribution in [0.4, 0.5) is 14.6 Å². The van der Waals surface area contributed by atoms with E-state index in [0.29, 0.717) is 60.3 Å². The third kappa shape index (κ3) is 6.34. The molecule has 2 fully saturated rings. The van der Waals surface area contributed by atoms with Crippen molar-refractivity contribution in [2.24, 2.45) is 0 Å². The van der Waals surface area contributed by atoms with Crippen LogP contribution in [0.1, 0.15) is 55.0 Å². The van der Waals surface area contributed by atoms with Crippen molar-refractivity contribution in [3.05, 3.63) is 65.1 Å². The van der Waals surface area contributed by atoms with E-state index in [0.717, 1.165) is 24.0 Å². The number of hydrogen-bond donors (Lipinski definition) is 2. The van der Waals surface area contributed by atoms with Crippen LogP contribution >= 0.6 is 0 Å². The lowest BCUT2D eigenvalue weighted by Crippen LogP contribution is -2.47. The Morgan fingerprint density at radius 3 is 2.88 bits per heavy atom. The zero-order valence-electron chi connectivity index (χ0n) is 27.4. The first kappa shape index (κ1) is 33.4. The third-order valence-corrected chi connectivity index (χ3v) is 9.90. The predicted molar refractivity (Wildman–Crippen MR) is 182 cm³/mol. The molecule has 3 heterocycles. The number of terminal acetylenes is 1. The van der Waals surface area contributed by atoms with Crippen LogP contribution < -0.4 is 9.64 Å². The fourth-order valence-electron chi connectivity index (χ4n) is 7.55. The fraction of sp³-hybridized carbons (Fsp3) is 0.432. The number of aliphatic hydroxyl groups is 1. The Kier molecular flexibility index (Phi) is 9.41. The van der Waals surface area contributed by atoms with Crippen molar-refractivity contribution >= 4 is 34.1 Å². The minimum Gasteiger partial charge on any atom is -0.508 e. The van der Waals surface area contributed by atoms with Crippen molar-refractivity contribution in [1.82, 2.24) is 19.8 Å². The number of halogens is 2. The molecular weight excluding hydrogens is 616 g/mol. The summed E-state index contributed by atoms with van der Waals surface area (Å²) in [4.78, 5) is 28.0. The van der Waals surface area contributed by atoms with Crippen molar-refractivity contribution in [2.75, 3.05) is 51.3 Å². The zero-order valence-corrected chi connectivity index (χ0v) is 27.4. The number of phenolic OH excluding ortho intramolecular Hbond substituents is 1. The number of nitrogens with zero attached hydrogens (tertiary/aromatic N) is 5. The highest BCUT2D eigenvalue weighted by molar-refractivity contribution is 6.02. The summed E-state index contributed by atoms with van der Waals surface area (Å²) in [5.41, 5.74) is 2.39. The van der Waals surface area contributed by atoms with Gasteiger partial charge in [-0.2, -0.15) is 9.97 Å². The summed E-state index contributed by atoms with van der Waals surface area (Å²) in [7, 11) is 1.93. The van der Waals surface area contributed by atoms with Gasteiger partial charge in [-0.1, -0.05) is 18.6 Å². The Balaban J connectivity index is 1.41. The van der Waals surface area contributed by atoms with Crippen LogP contribution in [0.15, 0.2) is 36.9 Å². The normalized spacial score (nSPS) is 22.3. The SMILES string of the molecule is C#Cc1c(F)ccc2cc(O)cc(C3=Cc4nc(OC[C@]5(C)C[C@@H](F)CN5CCO)nc(N(C)C[C@@H]5CCCN5C(=O)C=C)c4CC3)c12. The Hall–Kier alpha value is -4.53. The molecule has 1 aliphatic carbocycles. The number of hydrogen-bond acceptors (Lipinski definition) is 8. The molecule has 0 spiro atoms. The molecule has 3 aromatic rings. The molecule has 252 valence electrons. The minimum atomic E-state index is -1.04. The van der Waals surface area contributed by atoms with Gasteiger partial charge in [0.25, 0.3) is 0 Å². The number of β-amino-alcohol motifs (C(OH)–C–C–N with tert-alkyl or cyclic N) is 1. The highest BCUT2D eigenvalue weighted by Gasteiger charge is 2.43. The summed E-state index contributed by atoms with van der Waals surface area (Å²) in [5, 5.41) is 21.4. The summed E-state index contributed by atoms with van der Waals surface area (Å²) in [5.74, 6) is 2.56. The highest BCUT2D eigenvalue weighted by atomic mass is 19.1. The predicted octanol–water partition coefficient (Wildman–Crippen LogP) is 4.73. The van der Waals surface area contributed by atoms with Gasteiger partial charge in [0.15, 0.2) is 0 Å². The van der Waals surface area contributed by atoms with Crippen LogP contribution in [0.5, 0.6) is 11.8 Å². The van der Waals surface area contributed by atoms with Gasteiger partial charge in [0.2, 0.25) is 5.91 Å². The van der Waals surface area contributed by atoms with E-state index in [4.69, 9.17) is 21.1 Å². The number of aromatic hydroxyl groups is 1. The molecule has 48 heavy (non-hydrogen) atoms. The van der Waals surface area contributed by atoms with E-state index in [1.165, 1.54) is 12.1 Å². The average Bonchev–Trinajstić information content (AvgIpc) is 3.65. The van der Waals surface area contributed by atoms with E-state index >= 15 is 0 Å². The number of allylic oxidation sites excluding steroid dienone is 1. The van der Waals surface area contributed by atoms with Crippen LogP contribution in [0.25, 0.3) is 22.4 Å². The molecule has 0 bridgehead atoms. The smallest absolute Gasteiger partial charge is 0.318 e. The number of amides is 1. The Labute approximate surface area is 279 Å². The van der Waals surface area contributed by atoms with Crippen molar-refractivity contribution in [3.8, 4) is 24.1 Å². The number of fused-ring (bicyclic) bond motifs is 2. The third-order valence-electron chi connectivity index (χ3n) is 9.90. The average molecular weight is 658 g/mol. The molecule has 9 nitrogen and oxygen atoms in total. The topological polar surface area (TPSA) is 102 Å². The van der Waals surface area contributed by atoms with Gasteiger partial charge in [-0.15, -0.1) is 6.42 Å². The molecule has 1 amide bonds. The number of alkyl halides is 1. The van der Waals surface area contributed by atoms with Crippen LogP contribution in [0.2, 0.25) is 0 Å². The molecule has 3 aliphatic rings. The number of rotatable bonds is 10. The number of benzene rings is 2. The fourth-order valence-corrected chi connectivity index (χ4v) is 7.55. The van der Waals surface area contributed by atoms with E-state index in [1.807, 2.05) is 34.7 Å². The first-order chi connectivity index (χ1) is 23.0. The number of carbonyl (C=O) groups is 1. The molecule has 0 radical (unpaired) electrons. The molecule has 11 heteroatoms. The minimum absolute atomic E-state index is 0.0214. The molecule has 0 saturated carbocycles. The maximum atomic E-state index is 14.9. The van der Waals surface area contributed by atoms with Gasteiger partial charge >= 0.3 is 6.01 Å². The molecule has 2 saturated heterocycles. The van der Waals surface area contributed by atoms with Gasteiger partial charge in [0.1, 0.15) is 30.2 Å². The molecule has 3 atom stereocenters. The lowest BCUT2D eigenvalue weighted by molar-refractivity contribution is -0.126. The maximum Gasteiger partial charge on any atom is 0.318 e. The summed E-state index contributed by atoms with van der Waals surface area (Å²) < 4.78 is 35.6. The maximum absolute atomic E-state index is 14.9. The summed E-state index contributed by atoms with van der Waals surface area (Å²) >= 11 is 0. The van der Waals surface area contributed by atoms with Crippen LogP contribution in [-0.2, 0) is 11.2 Å². The van der Waals surface area contributed by atoms with Crippen molar-refractivity contribution in [1.29, 1.82) is 0 Å². The number of likely N-dealkylation sites (tertiary alicyclic amines) is 2. The monoisotopic (exact) mass is 657 g/mol. The second-order valence-corrected chi connectivity index (χ2v) is 13.2. The lowest BCUT2D eigenvalue weighted by Gasteiger charge is -2.34. The molecule has 1 aromatic heterocycles. The van der Waals surface area contributed by atoms with E-state index in [1.54, 1.807) is 18.2 Å². The van der Waals surface area contributed by atoms with Gasteiger partial charge < -0.3 is 24.7 Å². The van der Waals surface area contributed by atoms with Crippen molar-refractivity contribution < 1.29 is 28.5 Å². The van der Waals surface area contributed by atoms with Gasteiger partial charge in [0.05, 0.1) is 23.4 Å². The summed E-state index contributed by atoms with van der Waals surface area (Å²) in [6, 6.07) is 6.15. The molecule has 2 aliphatic heterocycles. The second-order valence-electron chi connectivity index (χ2n) is 13.2. The molecular formula is C37H41F2N5O4. The first-order valence-corrected chi connectivity index (χ1v) is 16.4.